The first kappa shape index (κ1) is 10.7. The summed E-state index contributed by atoms with van der Waals surface area (Å²) in [6.07, 6.45) is 1.10. The van der Waals surface area contributed by atoms with Gasteiger partial charge in [-0.25, -0.2) is 0 Å². The van der Waals surface area contributed by atoms with Crippen molar-refractivity contribution in [1.29, 1.82) is 0 Å². The first-order chi connectivity index (χ1) is 6.24. The molecule has 4 heteroatoms. The van der Waals surface area contributed by atoms with Crippen molar-refractivity contribution in [3.05, 3.63) is 0 Å². The molecule has 1 fully saturated rings. The third-order valence-electron chi connectivity index (χ3n) is 2.28. The summed E-state index contributed by atoms with van der Waals surface area (Å²) in [5, 5.41) is 4.17. The summed E-state index contributed by atoms with van der Waals surface area (Å²) < 4.78 is 5.25. The van der Waals surface area contributed by atoms with E-state index in [1.165, 1.54) is 0 Å². The molecular weight excluding hydrogens is 184 g/mol. The number of hydrogen-bond donors (Lipinski definition) is 1. The highest BCUT2D eigenvalue weighted by Crippen LogP contribution is 1.99. The Labute approximate surface area is 85.4 Å². The van der Waals surface area contributed by atoms with Crippen LogP contribution in [-0.2, 0) is 4.74 Å². The van der Waals surface area contributed by atoms with Crippen molar-refractivity contribution in [1.82, 2.24) is 10.2 Å². The molecule has 0 spiro atoms. The highest BCUT2D eigenvalue weighted by Gasteiger charge is 2.14. The summed E-state index contributed by atoms with van der Waals surface area (Å²) in [6, 6.07) is 0.468. The van der Waals surface area contributed by atoms with Crippen LogP contribution in [0, 0.1) is 0 Å². The zero-order valence-corrected chi connectivity index (χ0v) is 9.19. The van der Waals surface area contributed by atoms with E-state index in [0.29, 0.717) is 6.04 Å². The van der Waals surface area contributed by atoms with Gasteiger partial charge in [-0.15, -0.1) is 0 Å². The Bertz CT molecular complexity index is 169. The lowest BCUT2D eigenvalue weighted by Gasteiger charge is -2.30. The van der Waals surface area contributed by atoms with E-state index < -0.39 is 0 Å². The van der Waals surface area contributed by atoms with Crippen LogP contribution >= 0.6 is 12.2 Å². The predicted molar refractivity (Wildman–Crippen MR) is 57.9 cm³/mol. The maximum atomic E-state index is 5.28. The van der Waals surface area contributed by atoms with Gasteiger partial charge in [-0.05, 0) is 25.6 Å². The molecule has 1 heterocycles. The lowest BCUT2D eigenvalue weighted by atomic mass is 10.3. The minimum absolute atomic E-state index is 0.468. The first-order valence-electron chi connectivity index (χ1n) is 4.87. The summed E-state index contributed by atoms with van der Waals surface area (Å²) in [5.74, 6) is 0. The summed E-state index contributed by atoms with van der Waals surface area (Å²) in [5.41, 5.74) is 0. The van der Waals surface area contributed by atoms with E-state index in [4.69, 9.17) is 17.0 Å². The molecule has 1 unspecified atom stereocenters. The van der Waals surface area contributed by atoms with Crippen LogP contribution < -0.4 is 5.32 Å². The Balaban J connectivity index is 2.29. The minimum Gasteiger partial charge on any atom is -0.378 e. The van der Waals surface area contributed by atoms with E-state index in [9.17, 15) is 0 Å². The van der Waals surface area contributed by atoms with Gasteiger partial charge in [-0.3, -0.25) is 0 Å². The number of nitrogens with zero attached hydrogens (tertiary/aromatic N) is 1. The van der Waals surface area contributed by atoms with Gasteiger partial charge >= 0.3 is 0 Å². The lowest BCUT2D eigenvalue weighted by molar-refractivity contribution is 0.0674. The average molecular weight is 202 g/mol. The molecular formula is C9H18N2OS. The van der Waals surface area contributed by atoms with Crippen LogP contribution in [0.2, 0.25) is 0 Å². The number of rotatable bonds is 2. The van der Waals surface area contributed by atoms with Crippen molar-refractivity contribution in [3.8, 4) is 0 Å². The van der Waals surface area contributed by atoms with Gasteiger partial charge in [0.1, 0.15) is 0 Å². The highest BCUT2D eigenvalue weighted by atomic mass is 32.1. The fourth-order valence-electron chi connectivity index (χ4n) is 1.17. The van der Waals surface area contributed by atoms with Crippen LogP contribution in [-0.4, -0.2) is 42.4 Å². The molecule has 0 aromatic rings. The molecule has 0 aliphatic carbocycles. The van der Waals surface area contributed by atoms with E-state index in [1.54, 1.807) is 0 Å². The van der Waals surface area contributed by atoms with E-state index in [0.717, 1.165) is 37.8 Å². The van der Waals surface area contributed by atoms with E-state index in [-0.39, 0.29) is 0 Å². The standard InChI is InChI=1S/C9H18N2OS/c1-3-8(2)10-9(13)11-4-6-12-7-5-11/h8H,3-7H2,1-2H3,(H,10,13). The minimum atomic E-state index is 0.468. The van der Waals surface area contributed by atoms with Crippen molar-refractivity contribution in [2.24, 2.45) is 0 Å². The molecule has 0 radical (unpaired) electrons. The van der Waals surface area contributed by atoms with Crippen LogP contribution in [0.3, 0.4) is 0 Å². The number of hydrogen-bond acceptors (Lipinski definition) is 2. The third kappa shape index (κ3) is 3.48. The molecule has 0 bridgehead atoms. The maximum absolute atomic E-state index is 5.28. The van der Waals surface area contributed by atoms with Crippen molar-refractivity contribution in [2.45, 2.75) is 26.3 Å². The van der Waals surface area contributed by atoms with Gasteiger partial charge in [0.2, 0.25) is 0 Å². The number of thiocarbonyl (C=S) groups is 1. The second-order valence-corrected chi connectivity index (χ2v) is 3.74. The summed E-state index contributed by atoms with van der Waals surface area (Å²) >= 11 is 5.28. The van der Waals surface area contributed by atoms with Crippen LogP contribution in [0.5, 0.6) is 0 Å². The van der Waals surface area contributed by atoms with Crippen LogP contribution in [0.4, 0.5) is 0 Å². The second-order valence-electron chi connectivity index (χ2n) is 3.36. The third-order valence-corrected chi connectivity index (χ3v) is 2.66. The molecule has 0 aromatic carbocycles. The Morgan fingerprint density at radius 1 is 1.54 bits per heavy atom. The fraction of sp³-hybridized carbons (Fsp3) is 0.889. The van der Waals surface area contributed by atoms with Crippen molar-refractivity contribution >= 4 is 17.3 Å². The van der Waals surface area contributed by atoms with Gasteiger partial charge in [0, 0.05) is 19.1 Å². The van der Waals surface area contributed by atoms with Gasteiger partial charge in [-0.2, -0.15) is 0 Å². The Hall–Kier alpha value is -0.350. The fourth-order valence-corrected chi connectivity index (χ4v) is 1.55. The van der Waals surface area contributed by atoms with E-state index in [1.807, 2.05) is 0 Å². The monoisotopic (exact) mass is 202 g/mol. The van der Waals surface area contributed by atoms with Gasteiger partial charge in [-0.1, -0.05) is 6.92 Å². The number of ether oxygens (including phenoxy) is 1. The Morgan fingerprint density at radius 3 is 2.69 bits per heavy atom. The lowest BCUT2D eigenvalue weighted by Crippen LogP contribution is -2.48. The van der Waals surface area contributed by atoms with Gasteiger partial charge in [0.25, 0.3) is 0 Å². The molecule has 3 nitrogen and oxygen atoms in total. The normalized spacial score (nSPS) is 19.7. The molecule has 1 aliphatic heterocycles. The highest BCUT2D eigenvalue weighted by molar-refractivity contribution is 7.80. The van der Waals surface area contributed by atoms with Gasteiger partial charge in [0.15, 0.2) is 5.11 Å². The van der Waals surface area contributed by atoms with E-state index >= 15 is 0 Å². The van der Waals surface area contributed by atoms with Crippen molar-refractivity contribution in [2.75, 3.05) is 26.3 Å². The van der Waals surface area contributed by atoms with Gasteiger partial charge < -0.3 is 15.0 Å². The molecule has 1 saturated heterocycles. The molecule has 1 N–H and O–H groups in total. The van der Waals surface area contributed by atoms with Crippen LogP contribution in [0.15, 0.2) is 0 Å². The van der Waals surface area contributed by atoms with Gasteiger partial charge in [0.05, 0.1) is 13.2 Å². The van der Waals surface area contributed by atoms with Crippen molar-refractivity contribution in [3.63, 3.8) is 0 Å². The topological polar surface area (TPSA) is 24.5 Å². The molecule has 0 saturated carbocycles. The van der Waals surface area contributed by atoms with Crippen molar-refractivity contribution < 1.29 is 4.74 Å². The second kappa shape index (κ2) is 5.40. The summed E-state index contributed by atoms with van der Waals surface area (Å²) in [4.78, 5) is 2.17. The van der Waals surface area contributed by atoms with Crippen LogP contribution in [0.1, 0.15) is 20.3 Å². The molecule has 0 aromatic heterocycles. The molecule has 1 aliphatic rings. The quantitative estimate of drug-likeness (QED) is 0.675. The molecule has 76 valence electrons. The maximum Gasteiger partial charge on any atom is 0.169 e. The summed E-state index contributed by atoms with van der Waals surface area (Å²) in [6.45, 7) is 7.72. The summed E-state index contributed by atoms with van der Waals surface area (Å²) in [7, 11) is 0. The molecule has 13 heavy (non-hydrogen) atoms. The number of nitrogens with one attached hydrogen (secondary N) is 1. The smallest absolute Gasteiger partial charge is 0.169 e. The number of morpholine rings is 1. The predicted octanol–water partition coefficient (Wildman–Crippen LogP) is 0.992. The molecule has 1 rings (SSSR count). The van der Waals surface area contributed by atoms with E-state index in [2.05, 4.69) is 24.1 Å². The SMILES string of the molecule is CCC(C)NC(=S)N1CCOCC1. The van der Waals surface area contributed by atoms with Crippen LogP contribution in [0.25, 0.3) is 0 Å². The molecule has 1 atom stereocenters. The largest absolute Gasteiger partial charge is 0.378 e. The molecule has 0 amide bonds. The zero-order chi connectivity index (χ0) is 9.68. The Kier molecular flexibility index (Phi) is 4.45. The zero-order valence-electron chi connectivity index (χ0n) is 8.38. The average Bonchev–Trinajstić information content (AvgIpc) is 2.19. The first-order valence-corrected chi connectivity index (χ1v) is 5.28. The Morgan fingerprint density at radius 2 is 2.15 bits per heavy atom.